The molecule has 0 saturated carbocycles. The molecule has 11 heteroatoms. The van der Waals surface area contributed by atoms with Crippen molar-refractivity contribution in [3.63, 3.8) is 0 Å². The Morgan fingerprint density at radius 1 is 0.971 bits per heavy atom. The number of likely N-dealkylation sites (N-methyl/N-ethyl adjacent to an activating group) is 1. The molecule has 0 spiro atoms. The fourth-order valence-corrected chi connectivity index (χ4v) is 4.22. The minimum atomic E-state index is -5.08. The highest BCUT2D eigenvalue weighted by Gasteiger charge is 2.45. The highest BCUT2D eigenvalue weighted by atomic mass is 19.4. The summed E-state index contributed by atoms with van der Waals surface area (Å²) in [6.45, 7) is -0.0642. The molecule has 0 saturated heterocycles. The molecule has 3 aromatic rings. The molecule has 0 fully saturated rings. The third-order valence-electron chi connectivity index (χ3n) is 5.83. The zero-order valence-corrected chi connectivity index (χ0v) is 18.1. The number of alkyl halides is 6. The Morgan fingerprint density at radius 2 is 1.60 bits per heavy atom. The molecule has 2 heterocycles. The van der Waals surface area contributed by atoms with Gasteiger partial charge in [-0.2, -0.15) is 26.3 Å². The summed E-state index contributed by atoms with van der Waals surface area (Å²) in [7, 11) is 1.24. The lowest BCUT2D eigenvalue weighted by atomic mass is 9.78. The average Bonchev–Trinajstić information content (AvgIpc) is 3.32. The summed E-state index contributed by atoms with van der Waals surface area (Å²) in [5.41, 5.74) is -3.19. The van der Waals surface area contributed by atoms with Crippen LogP contribution in [0.15, 0.2) is 65.3 Å². The van der Waals surface area contributed by atoms with Crippen molar-refractivity contribution in [2.24, 2.45) is 0 Å². The number of furan rings is 1. The van der Waals surface area contributed by atoms with Crippen molar-refractivity contribution in [3.05, 3.63) is 94.4 Å². The predicted octanol–water partition coefficient (Wildman–Crippen LogP) is 5.54. The molecule has 2 atom stereocenters. The zero-order valence-electron chi connectivity index (χ0n) is 18.1. The van der Waals surface area contributed by atoms with Gasteiger partial charge in [0.05, 0.1) is 35.9 Å². The lowest BCUT2D eigenvalue weighted by Crippen LogP contribution is -2.45. The van der Waals surface area contributed by atoms with E-state index in [0.29, 0.717) is 17.9 Å². The smallest absolute Gasteiger partial charge is 0.416 e. The largest absolute Gasteiger partial charge is 0.467 e. The van der Waals surface area contributed by atoms with E-state index in [-0.39, 0.29) is 23.7 Å². The Balaban J connectivity index is 1.86. The van der Waals surface area contributed by atoms with E-state index < -0.39 is 52.8 Å². The summed E-state index contributed by atoms with van der Waals surface area (Å²) in [6, 6.07) is 8.84. The van der Waals surface area contributed by atoms with E-state index in [1.165, 1.54) is 31.5 Å². The highest BCUT2D eigenvalue weighted by molar-refractivity contribution is 6.01. The molecule has 35 heavy (non-hydrogen) atoms. The van der Waals surface area contributed by atoms with Gasteiger partial charge in [-0.3, -0.25) is 9.59 Å². The van der Waals surface area contributed by atoms with Crippen molar-refractivity contribution in [1.82, 2.24) is 10.2 Å². The summed E-state index contributed by atoms with van der Waals surface area (Å²) in [5.74, 6) is -2.22. The SMILES string of the molecule is CN1C(=O)c2ccccc2[C@H](C(=O)NCc2ccco2)[C@H]1c1cc(C(F)(F)F)cc(C(F)(F)F)c1. The average molecular weight is 496 g/mol. The molecule has 1 aliphatic rings. The van der Waals surface area contributed by atoms with E-state index >= 15 is 0 Å². The van der Waals surface area contributed by atoms with Crippen LogP contribution in [0.1, 0.15) is 50.3 Å². The quantitative estimate of drug-likeness (QED) is 0.483. The van der Waals surface area contributed by atoms with Crippen LogP contribution in [-0.2, 0) is 23.7 Å². The van der Waals surface area contributed by atoms with Crippen LogP contribution in [-0.4, -0.2) is 23.8 Å². The fraction of sp³-hybridized carbons (Fsp3) is 0.250. The van der Waals surface area contributed by atoms with Gasteiger partial charge in [-0.15, -0.1) is 0 Å². The topological polar surface area (TPSA) is 62.6 Å². The van der Waals surface area contributed by atoms with Crippen molar-refractivity contribution >= 4 is 11.8 Å². The number of hydrogen-bond acceptors (Lipinski definition) is 3. The van der Waals surface area contributed by atoms with Gasteiger partial charge in [-0.25, -0.2) is 0 Å². The summed E-state index contributed by atoms with van der Waals surface area (Å²) in [4.78, 5) is 27.3. The normalized spacial score (nSPS) is 18.4. The number of carbonyl (C=O) groups is 2. The van der Waals surface area contributed by atoms with E-state index in [2.05, 4.69) is 5.32 Å². The second-order valence-corrected chi connectivity index (χ2v) is 8.06. The van der Waals surface area contributed by atoms with Crippen LogP contribution < -0.4 is 5.32 Å². The van der Waals surface area contributed by atoms with E-state index in [9.17, 15) is 35.9 Å². The fourth-order valence-electron chi connectivity index (χ4n) is 4.22. The summed E-state index contributed by atoms with van der Waals surface area (Å²) >= 11 is 0. The summed E-state index contributed by atoms with van der Waals surface area (Å²) in [6.07, 6.45) is -8.78. The van der Waals surface area contributed by atoms with Crippen LogP contribution in [0, 0.1) is 0 Å². The van der Waals surface area contributed by atoms with Crippen LogP contribution in [0.2, 0.25) is 0 Å². The van der Waals surface area contributed by atoms with E-state index in [4.69, 9.17) is 4.42 Å². The number of hydrogen-bond donors (Lipinski definition) is 1. The van der Waals surface area contributed by atoms with Gasteiger partial charge in [0, 0.05) is 12.6 Å². The first-order valence-corrected chi connectivity index (χ1v) is 10.3. The summed E-state index contributed by atoms with van der Waals surface area (Å²) in [5, 5.41) is 2.61. The molecule has 2 aromatic carbocycles. The Kier molecular flexibility index (Phi) is 6.12. The first kappa shape index (κ1) is 24.4. The number of rotatable bonds is 4. The molecule has 1 aliphatic heterocycles. The van der Waals surface area contributed by atoms with Gasteiger partial charge in [-0.05, 0) is 47.5 Å². The Labute approximate surface area is 195 Å². The van der Waals surface area contributed by atoms with Crippen LogP contribution in [0.3, 0.4) is 0 Å². The minimum Gasteiger partial charge on any atom is -0.467 e. The van der Waals surface area contributed by atoms with Gasteiger partial charge in [0.25, 0.3) is 5.91 Å². The third kappa shape index (κ3) is 4.75. The van der Waals surface area contributed by atoms with Gasteiger partial charge in [-0.1, -0.05) is 18.2 Å². The number of halogens is 6. The van der Waals surface area contributed by atoms with E-state index in [1.807, 2.05) is 0 Å². The molecule has 0 bridgehead atoms. The van der Waals surface area contributed by atoms with Crippen LogP contribution in [0.4, 0.5) is 26.3 Å². The maximum Gasteiger partial charge on any atom is 0.416 e. The molecular formula is C24H18F6N2O3. The van der Waals surface area contributed by atoms with Crippen molar-refractivity contribution in [2.75, 3.05) is 7.05 Å². The van der Waals surface area contributed by atoms with Gasteiger partial charge >= 0.3 is 12.4 Å². The predicted molar refractivity (Wildman–Crippen MR) is 111 cm³/mol. The number of amides is 2. The van der Waals surface area contributed by atoms with Gasteiger partial charge < -0.3 is 14.6 Å². The third-order valence-corrected chi connectivity index (χ3v) is 5.83. The Hall–Kier alpha value is -3.76. The number of fused-ring (bicyclic) bond motifs is 1. The molecule has 0 aliphatic carbocycles. The zero-order chi connectivity index (χ0) is 25.5. The van der Waals surface area contributed by atoms with Crippen molar-refractivity contribution < 1.29 is 40.3 Å². The molecule has 0 unspecified atom stereocenters. The molecule has 184 valence electrons. The Morgan fingerprint density at radius 3 is 2.17 bits per heavy atom. The Bertz CT molecular complexity index is 1220. The number of nitrogens with zero attached hydrogens (tertiary/aromatic N) is 1. The summed E-state index contributed by atoms with van der Waals surface area (Å²) < 4.78 is 86.2. The van der Waals surface area contributed by atoms with Crippen molar-refractivity contribution in [1.29, 1.82) is 0 Å². The molecule has 1 N–H and O–H groups in total. The lowest BCUT2D eigenvalue weighted by molar-refractivity contribution is -0.143. The monoisotopic (exact) mass is 496 g/mol. The van der Waals surface area contributed by atoms with E-state index in [0.717, 1.165) is 4.90 Å². The molecule has 5 nitrogen and oxygen atoms in total. The van der Waals surface area contributed by atoms with Gasteiger partial charge in [0.2, 0.25) is 5.91 Å². The van der Waals surface area contributed by atoms with Gasteiger partial charge in [0.1, 0.15) is 5.76 Å². The molecule has 1 aromatic heterocycles. The van der Waals surface area contributed by atoms with Crippen LogP contribution in [0.25, 0.3) is 0 Å². The number of carbonyl (C=O) groups excluding carboxylic acids is 2. The van der Waals surface area contributed by atoms with Crippen molar-refractivity contribution in [3.8, 4) is 0 Å². The number of nitrogens with one attached hydrogen (secondary N) is 1. The van der Waals surface area contributed by atoms with Crippen LogP contribution >= 0.6 is 0 Å². The molecular weight excluding hydrogens is 478 g/mol. The minimum absolute atomic E-state index is 0.00802. The second-order valence-electron chi connectivity index (χ2n) is 8.06. The maximum absolute atomic E-state index is 13.5. The van der Waals surface area contributed by atoms with E-state index in [1.54, 1.807) is 18.2 Å². The molecule has 2 amide bonds. The van der Waals surface area contributed by atoms with Crippen LogP contribution in [0.5, 0.6) is 0 Å². The number of benzene rings is 2. The highest BCUT2D eigenvalue weighted by Crippen LogP contribution is 2.45. The first-order chi connectivity index (χ1) is 16.4. The van der Waals surface area contributed by atoms with Crippen molar-refractivity contribution in [2.45, 2.75) is 30.9 Å². The molecule has 4 rings (SSSR count). The standard InChI is InChI=1S/C24H18F6N2O3/c1-32-20(13-9-14(23(25,26)27)11-15(10-13)24(28,29)30)19(17-6-2-3-7-18(17)22(32)34)21(33)31-12-16-5-4-8-35-16/h2-11,19-20H,12H2,1H3,(H,31,33)/t19-,20+/m0/s1. The first-order valence-electron chi connectivity index (χ1n) is 10.3. The lowest BCUT2D eigenvalue weighted by Gasteiger charge is -2.40. The maximum atomic E-state index is 13.5. The second kappa shape index (κ2) is 8.79. The van der Waals surface area contributed by atoms with Gasteiger partial charge in [0.15, 0.2) is 0 Å². The molecule has 0 radical (unpaired) electrons.